The van der Waals surface area contributed by atoms with Crippen molar-refractivity contribution in [3.8, 4) is 0 Å². The molecule has 96 valence electrons. The van der Waals surface area contributed by atoms with Gasteiger partial charge >= 0.3 is 5.97 Å². The summed E-state index contributed by atoms with van der Waals surface area (Å²) in [5.41, 5.74) is 2.24. The van der Waals surface area contributed by atoms with Gasteiger partial charge in [-0.05, 0) is 25.6 Å². The number of carboxylic acid groups (broad SMARTS) is 1. The molecule has 1 aromatic heterocycles. The van der Waals surface area contributed by atoms with Gasteiger partial charge in [-0.2, -0.15) is 0 Å². The first-order valence-electron chi connectivity index (χ1n) is 6.14. The molecule has 4 nitrogen and oxygen atoms in total. The Morgan fingerprint density at radius 2 is 2.17 bits per heavy atom. The summed E-state index contributed by atoms with van der Waals surface area (Å²) in [4.78, 5) is 11.1. The molecule has 2 aromatic rings. The van der Waals surface area contributed by atoms with Crippen molar-refractivity contribution in [2.75, 3.05) is 7.05 Å². The Kier molecular flexibility index (Phi) is 3.67. The van der Waals surface area contributed by atoms with Crippen molar-refractivity contribution in [2.24, 2.45) is 0 Å². The molecule has 0 aliphatic carbocycles. The van der Waals surface area contributed by atoms with Gasteiger partial charge in [-0.15, -0.1) is 0 Å². The van der Waals surface area contributed by atoms with E-state index < -0.39 is 12.0 Å². The van der Waals surface area contributed by atoms with Gasteiger partial charge in [0.2, 0.25) is 0 Å². The molecule has 0 aliphatic heterocycles. The molecular weight excluding hydrogens is 228 g/mol. The topological polar surface area (TPSA) is 54.3 Å². The summed E-state index contributed by atoms with van der Waals surface area (Å²) in [6.07, 6.45) is 2.55. The number of likely N-dealkylation sites (N-methyl/N-ethyl adjacent to an activating group) is 1. The first-order valence-corrected chi connectivity index (χ1v) is 6.14. The average Bonchev–Trinajstić information content (AvgIpc) is 2.74. The molecule has 0 fully saturated rings. The largest absolute Gasteiger partial charge is 0.480 e. The van der Waals surface area contributed by atoms with E-state index in [0.29, 0.717) is 6.42 Å². The number of rotatable bonds is 5. The fourth-order valence-electron chi connectivity index (χ4n) is 2.28. The lowest BCUT2D eigenvalue weighted by Gasteiger charge is -2.09. The third-order valence-electron chi connectivity index (χ3n) is 3.28. The number of benzene rings is 1. The SMILES string of the molecule is CCn1cc(CC(NC)C(=O)O)c2ccccc21. The van der Waals surface area contributed by atoms with Gasteiger partial charge in [0.25, 0.3) is 0 Å². The summed E-state index contributed by atoms with van der Waals surface area (Å²) in [7, 11) is 1.68. The van der Waals surface area contributed by atoms with Crippen LogP contribution >= 0.6 is 0 Å². The minimum absolute atomic E-state index is 0.499. The number of nitrogens with one attached hydrogen (secondary N) is 1. The van der Waals surface area contributed by atoms with Crippen molar-refractivity contribution in [3.05, 3.63) is 36.0 Å². The molecule has 0 aliphatic rings. The van der Waals surface area contributed by atoms with E-state index in [1.807, 2.05) is 18.2 Å². The molecule has 1 aromatic carbocycles. The highest BCUT2D eigenvalue weighted by molar-refractivity contribution is 5.85. The molecule has 0 radical (unpaired) electrons. The number of carbonyl (C=O) groups is 1. The number of fused-ring (bicyclic) bond motifs is 1. The van der Waals surface area contributed by atoms with Crippen molar-refractivity contribution in [3.63, 3.8) is 0 Å². The van der Waals surface area contributed by atoms with Gasteiger partial charge in [-0.3, -0.25) is 4.79 Å². The molecule has 4 heteroatoms. The lowest BCUT2D eigenvalue weighted by atomic mass is 10.1. The van der Waals surface area contributed by atoms with Gasteiger partial charge in [0, 0.05) is 30.1 Å². The Morgan fingerprint density at radius 1 is 1.44 bits per heavy atom. The zero-order valence-electron chi connectivity index (χ0n) is 10.7. The maximum absolute atomic E-state index is 11.1. The predicted molar refractivity (Wildman–Crippen MR) is 71.8 cm³/mol. The van der Waals surface area contributed by atoms with E-state index in [9.17, 15) is 4.79 Å². The average molecular weight is 246 g/mol. The second-order valence-electron chi connectivity index (χ2n) is 4.34. The molecule has 0 bridgehead atoms. The molecule has 0 spiro atoms. The van der Waals surface area contributed by atoms with Crippen LogP contribution in [0, 0.1) is 0 Å². The van der Waals surface area contributed by atoms with Crippen molar-refractivity contribution >= 4 is 16.9 Å². The van der Waals surface area contributed by atoms with Gasteiger partial charge in [-0.1, -0.05) is 18.2 Å². The van der Waals surface area contributed by atoms with Crippen LogP contribution in [-0.2, 0) is 17.8 Å². The van der Waals surface area contributed by atoms with E-state index in [1.165, 1.54) is 0 Å². The van der Waals surface area contributed by atoms with E-state index in [1.54, 1.807) is 7.05 Å². The van der Waals surface area contributed by atoms with Crippen molar-refractivity contribution in [1.82, 2.24) is 9.88 Å². The molecule has 1 heterocycles. The van der Waals surface area contributed by atoms with Crippen molar-refractivity contribution < 1.29 is 9.90 Å². The van der Waals surface area contributed by atoms with Crippen LogP contribution in [0.3, 0.4) is 0 Å². The fourth-order valence-corrected chi connectivity index (χ4v) is 2.28. The molecule has 0 amide bonds. The van der Waals surface area contributed by atoms with Crippen LogP contribution in [0.2, 0.25) is 0 Å². The molecule has 18 heavy (non-hydrogen) atoms. The van der Waals surface area contributed by atoms with Gasteiger partial charge in [0.1, 0.15) is 6.04 Å². The Bertz CT molecular complexity index is 560. The molecule has 2 N–H and O–H groups in total. The highest BCUT2D eigenvalue weighted by Gasteiger charge is 2.18. The van der Waals surface area contributed by atoms with E-state index in [2.05, 4.69) is 29.1 Å². The third-order valence-corrected chi connectivity index (χ3v) is 3.28. The zero-order valence-corrected chi connectivity index (χ0v) is 10.7. The number of aromatic nitrogens is 1. The van der Waals surface area contributed by atoms with E-state index in [-0.39, 0.29) is 0 Å². The molecule has 0 saturated heterocycles. The molecule has 0 saturated carbocycles. The molecule has 1 unspecified atom stereocenters. The van der Waals surface area contributed by atoms with Crippen LogP contribution in [0.4, 0.5) is 0 Å². The molecule has 1 atom stereocenters. The molecule has 2 rings (SSSR count). The Labute approximate surface area is 106 Å². The smallest absolute Gasteiger partial charge is 0.321 e. The summed E-state index contributed by atoms with van der Waals surface area (Å²) in [5.74, 6) is -0.814. The fraction of sp³-hybridized carbons (Fsp3) is 0.357. The lowest BCUT2D eigenvalue weighted by molar-refractivity contribution is -0.139. The maximum Gasteiger partial charge on any atom is 0.321 e. The molecular formula is C14H18N2O2. The van der Waals surface area contributed by atoms with E-state index in [0.717, 1.165) is 23.0 Å². The number of aryl methyl sites for hydroxylation is 1. The van der Waals surface area contributed by atoms with Gasteiger partial charge < -0.3 is 15.0 Å². The standard InChI is InChI=1S/C14H18N2O2/c1-3-16-9-10(8-12(15-2)14(17)18)11-6-4-5-7-13(11)16/h4-7,9,12,15H,3,8H2,1-2H3,(H,17,18). The van der Waals surface area contributed by atoms with Crippen LogP contribution in [0.15, 0.2) is 30.5 Å². The van der Waals surface area contributed by atoms with Crippen LogP contribution in [0.1, 0.15) is 12.5 Å². The van der Waals surface area contributed by atoms with Crippen LogP contribution in [0.5, 0.6) is 0 Å². The number of nitrogens with zero attached hydrogens (tertiary/aromatic N) is 1. The summed E-state index contributed by atoms with van der Waals surface area (Å²) < 4.78 is 2.15. The van der Waals surface area contributed by atoms with E-state index >= 15 is 0 Å². The lowest BCUT2D eigenvalue weighted by Crippen LogP contribution is -2.35. The maximum atomic E-state index is 11.1. The van der Waals surface area contributed by atoms with Crippen LogP contribution in [0.25, 0.3) is 10.9 Å². The normalized spacial score (nSPS) is 12.8. The van der Waals surface area contributed by atoms with Crippen LogP contribution in [-0.4, -0.2) is 28.7 Å². The number of aliphatic carboxylic acids is 1. The highest BCUT2D eigenvalue weighted by atomic mass is 16.4. The summed E-state index contributed by atoms with van der Waals surface area (Å²) in [5, 5.41) is 13.1. The highest BCUT2D eigenvalue weighted by Crippen LogP contribution is 2.22. The number of hydrogen-bond acceptors (Lipinski definition) is 2. The van der Waals surface area contributed by atoms with E-state index in [4.69, 9.17) is 5.11 Å². The number of hydrogen-bond donors (Lipinski definition) is 2. The van der Waals surface area contributed by atoms with Gasteiger partial charge in [0.05, 0.1) is 0 Å². The first kappa shape index (κ1) is 12.6. The van der Waals surface area contributed by atoms with Gasteiger partial charge in [-0.25, -0.2) is 0 Å². The van der Waals surface area contributed by atoms with Crippen LogP contribution < -0.4 is 5.32 Å². The second-order valence-corrected chi connectivity index (χ2v) is 4.34. The second kappa shape index (κ2) is 5.23. The summed E-state index contributed by atoms with van der Waals surface area (Å²) in [6.45, 7) is 2.97. The summed E-state index contributed by atoms with van der Waals surface area (Å²) >= 11 is 0. The zero-order chi connectivity index (χ0) is 13.1. The number of carboxylic acids is 1. The Balaban J connectivity index is 2.42. The first-order chi connectivity index (χ1) is 8.67. The predicted octanol–water partition coefficient (Wildman–Crippen LogP) is 1.88. The minimum atomic E-state index is -0.814. The van der Waals surface area contributed by atoms with Crippen molar-refractivity contribution in [2.45, 2.75) is 25.9 Å². The number of para-hydroxylation sites is 1. The monoisotopic (exact) mass is 246 g/mol. The minimum Gasteiger partial charge on any atom is -0.480 e. The third kappa shape index (κ3) is 2.24. The van der Waals surface area contributed by atoms with Crippen molar-refractivity contribution in [1.29, 1.82) is 0 Å². The van der Waals surface area contributed by atoms with Gasteiger partial charge in [0.15, 0.2) is 0 Å². The summed E-state index contributed by atoms with van der Waals surface area (Å²) in [6, 6.07) is 7.57. The Morgan fingerprint density at radius 3 is 2.78 bits per heavy atom. The Hall–Kier alpha value is -1.81. The quantitative estimate of drug-likeness (QED) is 0.847.